The lowest BCUT2D eigenvalue weighted by Crippen LogP contribution is -1.89. The fourth-order valence-electron chi connectivity index (χ4n) is 0.817. The number of carboxylic acids is 1. The molecule has 0 fully saturated rings. The number of pyridine rings is 1. The van der Waals surface area contributed by atoms with Gasteiger partial charge >= 0.3 is 5.97 Å². The van der Waals surface area contributed by atoms with Crippen LogP contribution in [0, 0.1) is 5.95 Å². The number of nitrogens with zero attached hydrogens (tertiary/aromatic N) is 1. The van der Waals surface area contributed by atoms with Crippen molar-refractivity contribution in [2.45, 2.75) is 6.42 Å². The van der Waals surface area contributed by atoms with Crippen molar-refractivity contribution in [3.05, 3.63) is 35.9 Å². The molecule has 1 N–H and O–H groups in total. The van der Waals surface area contributed by atoms with Crippen LogP contribution in [0.2, 0.25) is 0 Å². The third-order valence-corrected chi connectivity index (χ3v) is 1.35. The summed E-state index contributed by atoms with van der Waals surface area (Å²) in [7, 11) is 0. The number of carboxylic acid groups (broad SMARTS) is 1. The van der Waals surface area contributed by atoms with E-state index in [1.54, 1.807) is 12.1 Å². The Morgan fingerprint density at radius 1 is 1.69 bits per heavy atom. The normalized spacial score (nSPS) is 10.5. The first kappa shape index (κ1) is 9.38. The second kappa shape index (κ2) is 4.35. The SMILES string of the molecule is O=C(O)CC=Cc1ccnc(F)c1. The van der Waals surface area contributed by atoms with E-state index in [0.29, 0.717) is 5.56 Å². The first-order valence-electron chi connectivity index (χ1n) is 3.68. The summed E-state index contributed by atoms with van der Waals surface area (Å²) in [5, 5.41) is 8.31. The first-order chi connectivity index (χ1) is 6.18. The summed E-state index contributed by atoms with van der Waals surface area (Å²) in [6, 6.07) is 2.83. The average molecular weight is 181 g/mol. The smallest absolute Gasteiger partial charge is 0.307 e. The molecule has 0 saturated heterocycles. The van der Waals surface area contributed by atoms with Gasteiger partial charge in [-0.25, -0.2) is 4.98 Å². The van der Waals surface area contributed by atoms with Gasteiger partial charge in [0.15, 0.2) is 0 Å². The second-order valence-corrected chi connectivity index (χ2v) is 2.41. The molecule has 0 saturated carbocycles. The molecule has 1 heterocycles. The van der Waals surface area contributed by atoms with Crippen LogP contribution in [0.5, 0.6) is 0 Å². The Kier molecular flexibility index (Phi) is 3.14. The zero-order valence-corrected chi connectivity index (χ0v) is 6.77. The Hall–Kier alpha value is -1.71. The highest BCUT2D eigenvalue weighted by Crippen LogP contribution is 2.03. The van der Waals surface area contributed by atoms with Gasteiger partial charge in [0.1, 0.15) is 0 Å². The highest BCUT2D eigenvalue weighted by atomic mass is 19.1. The topological polar surface area (TPSA) is 50.2 Å². The number of aromatic nitrogens is 1. The van der Waals surface area contributed by atoms with Crippen molar-refractivity contribution in [2.75, 3.05) is 0 Å². The molecule has 0 unspecified atom stereocenters. The van der Waals surface area contributed by atoms with Crippen molar-refractivity contribution in [2.24, 2.45) is 0 Å². The first-order valence-corrected chi connectivity index (χ1v) is 3.68. The number of halogens is 1. The van der Waals surface area contributed by atoms with E-state index in [9.17, 15) is 9.18 Å². The Labute approximate surface area is 74.5 Å². The highest BCUT2D eigenvalue weighted by molar-refractivity contribution is 5.70. The minimum Gasteiger partial charge on any atom is -0.481 e. The van der Waals surface area contributed by atoms with Crippen LogP contribution in [-0.2, 0) is 4.79 Å². The molecule has 1 aromatic rings. The molecule has 0 aliphatic carbocycles. The van der Waals surface area contributed by atoms with Crippen molar-refractivity contribution in [1.82, 2.24) is 4.98 Å². The molecule has 0 atom stereocenters. The largest absolute Gasteiger partial charge is 0.481 e. The summed E-state index contributed by atoms with van der Waals surface area (Å²) in [4.78, 5) is 13.5. The zero-order valence-electron chi connectivity index (χ0n) is 6.77. The summed E-state index contributed by atoms with van der Waals surface area (Å²) in [6.07, 6.45) is 4.26. The van der Waals surface area contributed by atoms with Gasteiger partial charge in [0.05, 0.1) is 6.42 Å². The molecule has 0 amide bonds. The third-order valence-electron chi connectivity index (χ3n) is 1.35. The molecular weight excluding hydrogens is 173 g/mol. The fourth-order valence-corrected chi connectivity index (χ4v) is 0.817. The van der Waals surface area contributed by atoms with Crippen LogP contribution >= 0.6 is 0 Å². The van der Waals surface area contributed by atoms with E-state index >= 15 is 0 Å². The lowest BCUT2D eigenvalue weighted by molar-refractivity contribution is -0.135. The lowest BCUT2D eigenvalue weighted by atomic mass is 10.2. The summed E-state index contributed by atoms with van der Waals surface area (Å²) in [5.41, 5.74) is 0.605. The number of hydrogen-bond donors (Lipinski definition) is 1. The highest BCUT2D eigenvalue weighted by Gasteiger charge is 1.92. The second-order valence-electron chi connectivity index (χ2n) is 2.41. The Bertz CT molecular complexity index is 336. The molecule has 13 heavy (non-hydrogen) atoms. The van der Waals surface area contributed by atoms with Crippen LogP contribution in [-0.4, -0.2) is 16.1 Å². The van der Waals surface area contributed by atoms with Crippen LogP contribution in [0.3, 0.4) is 0 Å². The van der Waals surface area contributed by atoms with Gasteiger partial charge in [-0.15, -0.1) is 0 Å². The standard InChI is InChI=1S/C9H8FNO2/c10-8-6-7(4-5-11-8)2-1-3-9(12)13/h1-2,4-6H,3H2,(H,12,13). The van der Waals surface area contributed by atoms with Crippen LogP contribution in [0.25, 0.3) is 6.08 Å². The van der Waals surface area contributed by atoms with Crippen LogP contribution in [0.4, 0.5) is 4.39 Å². The van der Waals surface area contributed by atoms with Crippen LogP contribution < -0.4 is 0 Å². The van der Waals surface area contributed by atoms with E-state index in [1.807, 2.05) is 0 Å². The van der Waals surface area contributed by atoms with Crippen molar-refractivity contribution in [1.29, 1.82) is 0 Å². The maximum absolute atomic E-state index is 12.5. The number of hydrogen-bond acceptors (Lipinski definition) is 2. The molecule has 0 aromatic carbocycles. The molecule has 0 spiro atoms. The summed E-state index contributed by atoms with van der Waals surface area (Å²) < 4.78 is 12.5. The van der Waals surface area contributed by atoms with Gasteiger partial charge in [-0.05, 0) is 11.6 Å². The van der Waals surface area contributed by atoms with E-state index < -0.39 is 11.9 Å². The fraction of sp³-hybridized carbons (Fsp3) is 0.111. The molecular formula is C9H8FNO2. The molecule has 3 nitrogen and oxygen atoms in total. The van der Waals surface area contributed by atoms with Gasteiger partial charge in [-0.1, -0.05) is 12.2 Å². The van der Waals surface area contributed by atoms with Crippen LogP contribution in [0.1, 0.15) is 12.0 Å². The molecule has 0 aliphatic rings. The van der Waals surface area contributed by atoms with E-state index in [2.05, 4.69) is 4.98 Å². The van der Waals surface area contributed by atoms with Gasteiger partial charge < -0.3 is 5.11 Å². The molecule has 4 heteroatoms. The average Bonchev–Trinajstić information content (AvgIpc) is 2.03. The number of aliphatic carboxylic acids is 1. The monoisotopic (exact) mass is 181 g/mol. The minimum absolute atomic E-state index is 0.0655. The minimum atomic E-state index is -0.911. The van der Waals surface area contributed by atoms with Gasteiger partial charge in [0, 0.05) is 12.3 Å². The Morgan fingerprint density at radius 3 is 3.08 bits per heavy atom. The van der Waals surface area contributed by atoms with Crippen molar-refractivity contribution in [3.8, 4) is 0 Å². The predicted octanol–water partition coefficient (Wildman–Crippen LogP) is 1.71. The molecule has 68 valence electrons. The third kappa shape index (κ3) is 3.46. The summed E-state index contributed by atoms with van der Waals surface area (Å²) in [6.45, 7) is 0. The number of rotatable bonds is 3. The molecule has 0 aliphatic heterocycles. The zero-order chi connectivity index (χ0) is 9.68. The molecule has 0 bridgehead atoms. The van der Waals surface area contributed by atoms with Crippen LogP contribution in [0.15, 0.2) is 24.4 Å². The van der Waals surface area contributed by atoms with Gasteiger partial charge in [0.25, 0.3) is 0 Å². The summed E-state index contributed by atoms with van der Waals surface area (Å²) in [5.74, 6) is -1.48. The maximum atomic E-state index is 12.5. The summed E-state index contributed by atoms with van der Waals surface area (Å²) >= 11 is 0. The number of carbonyl (C=O) groups is 1. The van der Waals surface area contributed by atoms with E-state index in [-0.39, 0.29) is 6.42 Å². The van der Waals surface area contributed by atoms with Gasteiger partial charge in [-0.2, -0.15) is 4.39 Å². The molecule has 1 rings (SSSR count). The van der Waals surface area contributed by atoms with Crippen molar-refractivity contribution < 1.29 is 14.3 Å². The van der Waals surface area contributed by atoms with Gasteiger partial charge in [-0.3, -0.25) is 4.79 Å². The Morgan fingerprint density at radius 2 is 2.46 bits per heavy atom. The molecule has 1 aromatic heterocycles. The van der Waals surface area contributed by atoms with Gasteiger partial charge in [0.2, 0.25) is 5.95 Å². The lowest BCUT2D eigenvalue weighted by Gasteiger charge is -1.91. The van der Waals surface area contributed by atoms with Crippen molar-refractivity contribution >= 4 is 12.0 Å². The van der Waals surface area contributed by atoms with Crippen molar-refractivity contribution in [3.63, 3.8) is 0 Å². The van der Waals surface area contributed by atoms with E-state index in [4.69, 9.17) is 5.11 Å². The predicted molar refractivity (Wildman–Crippen MR) is 45.5 cm³/mol. The maximum Gasteiger partial charge on any atom is 0.307 e. The quantitative estimate of drug-likeness (QED) is 0.722. The Balaban J connectivity index is 2.63. The van der Waals surface area contributed by atoms with E-state index in [1.165, 1.54) is 18.3 Å². The van der Waals surface area contributed by atoms with E-state index in [0.717, 1.165) is 0 Å². The molecule has 0 radical (unpaired) electrons.